The normalized spacial score (nSPS) is 12.2. The first kappa shape index (κ1) is 15.8. The van der Waals surface area contributed by atoms with E-state index in [9.17, 15) is 9.50 Å². The van der Waals surface area contributed by atoms with E-state index >= 15 is 0 Å². The minimum absolute atomic E-state index is 0.262. The smallest absolute Gasteiger partial charge is 0.125 e. The molecule has 2 rings (SSSR count). The maximum Gasteiger partial charge on any atom is 0.125 e. The first-order chi connectivity index (χ1) is 9.47. The predicted molar refractivity (Wildman–Crippen MR) is 86.7 cm³/mol. The zero-order valence-electron chi connectivity index (χ0n) is 10.2. The summed E-state index contributed by atoms with van der Waals surface area (Å²) < 4.78 is 14.5. The number of anilines is 1. The molecule has 0 saturated heterocycles. The molecule has 0 aliphatic rings. The van der Waals surface area contributed by atoms with E-state index in [2.05, 4.69) is 37.2 Å². The Hall–Kier alpha value is -0.620. The monoisotopic (exact) mass is 421 g/mol. The van der Waals surface area contributed by atoms with Gasteiger partial charge in [-0.25, -0.2) is 4.39 Å². The van der Waals surface area contributed by atoms with Gasteiger partial charge in [0.1, 0.15) is 5.82 Å². The van der Waals surface area contributed by atoms with Crippen molar-refractivity contribution in [3.63, 3.8) is 0 Å². The number of benzene rings is 2. The van der Waals surface area contributed by atoms with Crippen LogP contribution in [-0.4, -0.2) is 11.7 Å². The summed E-state index contributed by atoms with van der Waals surface area (Å²) in [7, 11) is 0. The Labute approximate surface area is 138 Å². The number of hydrogen-bond donors (Lipinski definition) is 2. The van der Waals surface area contributed by atoms with Crippen molar-refractivity contribution in [2.45, 2.75) is 6.10 Å². The Morgan fingerprint density at radius 2 is 2.00 bits per heavy atom. The van der Waals surface area contributed by atoms with Gasteiger partial charge in [0.15, 0.2) is 0 Å². The minimum atomic E-state index is -0.694. The second kappa shape index (κ2) is 6.89. The summed E-state index contributed by atoms with van der Waals surface area (Å²) in [5.74, 6) is -0.417. The molecule has 1 unspecified atom stereocenters. The van der Waals surface area contributed by atoms with E-state index in [0.29, 0.717) is 10.2 Å². The van der Waals surface area contributed by atoms with Crippen LogP contribution < -0.4 is 5.32 Å². The molecular formula is C14H11Br2ClFNO. The molecule has 0 bridgehead atoms. The lowest BCUT2D eigenvalue weighted by Gasteiger charge is -2.15. The lowest BCUT2D eigenvalue weighted by molar-refractivity contribution is 0.191. The van der Waals surface area contributed by atoms with Crippen molar-refractivity contribution in [3.05, 3.63) is 61.7 Å². The quantitative estimate of drug-likeness (QED) is 0.713. The number of nitrogens with one attached hydrogen (secondary N) is 1. The van der Waals surface area contributed by atoms with E-state index in [0.717, 1.165) is 10.0 Å². The third kappa shape index (κ3) is 3.95. The lowest BCUT2D eigenvalue weighted by atomic mass is 10.1. The van der Waals surface area contributed by atoms with Gasteiger partial charge >= 0.3 is 0 Å². The number of aliphatic hydroxyl groups is 1. The molecule has 1 atom stereocenters. The van der Waals surface area contributed by atoms with Crippen molar-refractivity contribution < 1.29 is 9.50 Å². The van der Waals surface area contributed by atoms with Crippen LogP contribution in [0.2, 0.25) is 5.02 Å². The Morgan fingerprint density at radius 3 is 2.65 bits per heavy atom. The zero-order valence-corrected chi connectivity index (χ0v) is 14.1. The second-order valence-corrected chi connectivity index (χ2v) is 6.37. The number of hydrogen-bond acceptors (Lipinski definition) is 2. The van der Waals surface area contributed by atoms with Crippen molar-refractivity contribution in [3.8, 4) is 0 Å². The van der Waals surface area contributed by atoms with Gasteiger partial charge in [-0.05, 0) is 45.8 Å². The molecule has 6 heteroatoms. The van der Waals surface area contributed by atoms with Crippen LogP contribution in [0.5, 0.6) is 0 Å². The summed E-state index contributed by atoms with van der Waals surface area (Å²) in [6.45, 7) is 0.264. The van der Waals surface area contributed by atoms with Crippen LogP contribution >= 0.6 is 43.5 Å². The average molecular weight is 424 g/mol. The number of halogens is 4. The Kier molecular flexibility index (Phi) is 5.43. The molecule has 2 aromatic carbocycles. The Balaban J connectivity index is 2.09. The lowest BCUT2D eigenvalue weighted by Crippen LogP contribution is -2.12. The van der Waals surface area contributed by atoms with Gasteiger partial charge in [-0.2, -0.15) is 0 Å². The van der Waals surface area contributed by atoms with Crippen LogP contribution in [0.15, 0.2) is 45.3 Å². The first-order valence-corrected chi connectivity index (χ1v) is 7.75. The third-order valence-corrected chi connectivity index (χ3v) is 4.13. The van der Waals surface area contributed by atoms with Crippen LogP contribution in [0, 0.1) is 5.82 Å². The zero-order chi connectivity index (χ0) is 14.7. The van der Waals surface area contributed by atoms with Gasteiger partial charge in [0.2, 0.25) is 0 Å². The van der Waals surface area contributed by atoms with E-state index < -0.39 is 11.9 Å². The molecule has 0 amide bonds. The van der Waals surface area contributed by atoms with Gasteiger partial charge in [-0.1, -0.05) is 39.7 Å². The van der Waals surface area contributed by atoms with E-state index in [4.69, 9.17) is 11.6 Å². The van der Waals surface area contributed by atoms with Gasteiger partial charge < -0.3 is 10.4 Å². The summed E-state index contributed by atoms with van der Waals surface area (Å²) in [6.07, 6.45) is -0.694. The fourth-order valence-corrected chi connectivity index (χ4v) is 3.12. The standard InChI is InChI=1S/C14H11Br2ClFNO/c15-9-3-1-2-8(4-9)13(20)7-19-14-11(16)5-10(18)6-12(14)17/h1-6,13,19-20H,7H2. The second-order valence-electron chi connectivity index (χ2n) is 4.20. The van der Waals surface area contributed by atoms with Gasteiger partial charge in [0.25, 0.3) is 0 Å². The molecule has 2 nitrogen and oxygen atoms in total. The summed E-state index contributed by atoms with van der Waals surface area (Å²) in [6, 6.07) is 9.95. The molecule has 0 radical (unpaired) electrons. The Bertz CT molecular complexity index is 601. The Morgan fingerprint density at radius 1 is 1.25 bits per heavy atom. The summed E-state index contributed by atoms with van der Waals surface area (Å²) in [5, 5.41) is 13.4. The highest BCUT2D eigenvalue weighted by Crippen LogP contribution is 2.32. The molecule has 0 aliphatic heterocycles. The van der Waals surface area contributed by atoms with Crippen molar-refractivity contribution in [1.82, 2.24) is 0 Å². The van der Waals surface area contributed by atoms with Crippen LogP contribution in [0.3, 0.4) is 0 Å². The molecule has 0 heterocycles. The SMILES string of the molecule is OC(CNc1c(Cl)cc(F)cc1Br)c1cccc(Br)c1. The highest BCUT2D eigenvalue weighted by atomic mass is 79.9. The molecule has 2 N–H and O–H groups in total. The van der Waals surface area contributed by atoms with E-state index in [1.165, 1.54) is 12.1 Å². The van der Waals surface area contributed by atoms with Crippen molar-refractivity contribution in [1.29, 1.82) is 0 Å². The maximum absolute atomic E-state index is 13.1. The van der Waals surface area contributed by atoms with E-state index in [1.807, 2.05) is 24.3 Å². The molecule has 0 spiro atoms. The predicted octanol–water partition coefficient (Wildman–Crippen LogP) is 5.15. The van der Waals surface area contributed by atoms with Gasteiger partial charge in [0.05, 0.1) is 16.8 Å². The van der Waals surface area contributed by atoms with Crippen LogP contribution in [0.1, 0.15) is 11.7 Å². The van der Waals surface area contributed by atoms with Crippen molar-refractivity contribution in [2.75, 3.05) is 11.9 Å². The molecule has 106 valence electrons. The van der Waals surface area contributed by atoms with E-state index in [1.54, 1.807) is 0 Å². The van der Waals surface area contributed by atoms with Gasteiger partial charge in [-0.15, -0.1) is 0 Å². The molecule has 0 aromatic heterocycles. The van der Waals surface area contributed by atoms with Crippen LogP contribution in [-0.2, 0) is 0 Å². The third-order valence-electron chi connectivity index (χ3n) is 2.71. The molecule has 0 aliphatic carbocycles. The van der Waals surface area contributed by atoms with Crippen molar-refractivity contribution >= 4 is 49.1 Å². The fraction of sp³-hybridized carbons (Fsp3) is 0.143. The van der Waals surface area contributed by atoms with Crippen LogP contribution in [0.25, 0.3) is 0 Å². The molecule has 2 aromatic rings. The number of rotatable bonds is 4. The highest BCUT2D eigenvalue weighted by molar-refractivity contribution is 9.10. The van der Waals surface area contributed by atoms with E-state index in [-0.39, 0.29) is 11.6 Å². The molecule has 0 saturated carbocycles. The van der Waals surface area contributed by atoms with Crippen molar-refractivity contribution in [2.24, 2.45) is 0 Å². The highest BCUT2D eigenvalue weighted by Gasteiger charge is 2.12. The number of aliphatic hydroxyl groups excluding tert-OH is 1. The first-order valence-electron chi connectivity index (χ1n) is 5.79. The maximum atomic E-state index is 13.1. The van der Waals surface area contributed by atoms with Gasteiger partial charge in [0, 0.05) is 15.5 Å². The average Bonchev–Trinajstić information content (AvgIpc) is 2.37. The van der Waals surface area contributed by atoms with Gasteiger partial charge in [-0.3, -0.25) is 0 Å². The molecular weight excluding hydrogens is 412 g/mol. The topological polar surface area (TPSA) is 32.3 Å². The molecule has 20 heavy (non-hydrogen) atoms. The molecule has 0 fully saturated rings. The van der Waals surface area contributed by atoms with Crippen LogP contribution in [0.4, 0.5) is 10.1 Å². The largest absolute Gasteiger partial charge is 0.387 e. The fourth-order valence-electron chi connectivity index (χ4n) is 1.74. The summed E-state index contributed by atoms with van der Waals surface area (Å²) in [5.41, 5.74) is 1.34. The summed E-state index contributed by atoms with van der Waals surface area (Å²) in [4.78, 5) is 0. The summed E-state index contributed by atoms with van der Waals surface area (Å²) >= 11 is 12.6. The minimum Gasteiger partial charge on any atom is -0.387 e.